The van der Waals surface area contributed by atoms with Gasteiger partial charge in [0.2, 0.25) is 0 Å². The molecular weight excluding hydrogens is 260 g/mol. The van der Waals surface area contributed by atoms with Crippen molar-refractivity contribution in [3.05, 3.63) is 39.9 Å². The summed E-state index contributed by atoms with van der Waals surface area (Å²) in [4.78, 5) is 21.0. The van der Waals surface area contributed by atoms with Crippen LogP contribution in [0.2, 0.25) is 0 Å². The number of amides is 1. The zero-order chi connectivity index (χ0) is 13.4. The second-order valence-corrected chi connectivity index (χ2v) is 3.80. The summed E-state index contributed by atoms with van der Waals surface area (Å²) in [5.74, 6) is 0.260. The summed E-state index contributed by atoms with van der Waals surface area (Å²) < 4.78 is 4.71. The molecular formula is C11H13ClN2O4. The fourth-order valence-corrected chi connectivity index (χ4v) is 1.35. The number of nitro groups is 1. The molecule has 18 heavy (non-hydrogen) atoms. The van der Waals surface area contributed by atoms with E-state index in [2.05, 4.69) is 5.32 Å². The van der Waals surface area contributed by atoms with Crippen LogP contribution in [0.3, 0.4) is 0 Å². The highest BCUT2D eigenvalue weighted by atomic mass is 35.5. The molecule has 0 atom stereocenters. The lowest BCUT2D eigenvalue weighted by Crippen LogP contribution is -2.27. The first-order chi connectivity index (χ1) is 8.63. The zero-order valence-electron chi connectivity index (χ0n) is 9.60. The summed E-state index contributed by atoms with van der Waals surface area (Å²) >= 11 is 5.36. The van der Waals surface area contributed by atoms with E-state index in [0.29, 0.717) is 13.0 Å². The molecule has 0 bridgehead atoms. The summed E-state index contributed by atoms with van der Waals surface area (Å²) in [6.45, 7) is 0.573. The Bertz CT molecular complexity index is 408. The van der Waals surface area contributed by atoms with Gasteiger partial charge in [-0.05, 0) is 12.0 Å². The van der Waals surface area contributed by atoms with Gasteiger partial charge >= 0.3 is 6.09 Å². The predicted octanol–water partition coefficient (Wildman–Crippen LogP) is 2.10. The van der Waals surface area contributed by atoms with Crippen LogP contribution in [-0.4, -0.2) is 30.0 Å². The van der Waals surface area contributed by atoms with Gasteiger partial charge in [-0.3, -0.25) is 10.1 Å². The maximum Gasteiger partial charge on any atom is 0.407 e. The number of alkyl halides is 1. The van der Waals surface area contributed by atoms with Crippen LogP contribution in [0.15, 0.2) is 24.3 Å². The van der Waals surface area contributed by atoms with Crippen LogP contribution in [-0.2, 0) is 11.2 Å². The Morgan fingerprint density at radius 2 is 2.06 bits per heavy atom. The van der Waals surface area contributed by atoms with Gasteiger partial charge < -0.3 is 10.1 Å². The molecule has 0 heterocycles. The van der Waals surface area contributed by atoms with Crippen molar-refractivity contribution in [2.75, 3.05) is 19.0 Å². The number of nitrogens with zero attached hydrogens (tertiary/aromatic N) is 1. The van der Waals surface area contributed by atoms with Crippen molar-refractivity contribution < 1.29 is 14.5 Å². The number of carbonyl (C=O) groups is 1. The van der Waals surface area contributed by atoms with Gasteiger partial charge in [0.15, 0.2) is 0 Å². The molecule has 0 aromatic heterocycles. The monoisotopic (exact) mass is 272 g/mol. The lowest BCUT2D eigenvalue weighted by molar-refractivity contribution is -0.384. The first kappa shape index (κ1) is 14.2. The predicted molar refractivity (Wildman–Crippen MR) is 66.9 cm³/mol. The highest BCUT2D eigenvalue weighted by Gasteiger charge is 2.04. The smallest absolute Gasteiger partial charge is 0.407 e. The number of hydrogen-bond acceptors (Lipinski definition) is 4. The molecule has 0 aliphatic carbocycles. The molecule has 6 nitrogen and oxygen atoms in total. The summed E-state index contributed by atoms with van der Waals surface area (Å²) in [5, 5.41) is 13.0. The van der Waals surface area contributed by atoms with Gasteiger partial charge in [0.1, 0.15) is 6.61 Å². The third-order valence-corrected chi connectivity index (χ3v) is 2.29. The van der Waals surface area contributed by atoms with Crippen molar-refractivity contribution in [3.63, 3.8) is 0 Å². The number of carbonyl (C=O) groups excluding carboxylic acids is 1. The van der Waals surface area contributed by atoms with Gasteiger partial charge in [-0.2, -0.15) is 0 Å². The molecule has 0 unspecified atom stereocenters. The number of hydrogen-bond donors (Lipinski definition) is 1. The van der Waals surface area contributed by atoms with E-state index in [-0.39, 0.29) is 18.2 Å². The molecule has 98 valence electrons. The number of nitro benzene ring substituents is 1. The quantitative estimate of drug-likeness (QED) is 0.488. The van der Waals surface area contributed by atoms with Crippen LogP contribution >= 0.6 is 11.6 Å². The fourth-order valence-electron chi connectivity index (χ4n) is 1.28. The van der Waals surface area contributed by atoms with Gasteiger partial charge in [-0.15, -0.1) is 11.6 Å². The normalized spacial score (nSPS) is 9.83. The molecule has 1 rings (SSSR count). The van der Waals surface area contributed by atoms with E-state index in [9.17, 15) is 14.9 Å². The van der Waals surface area contributed by atoms with Crippen molar-refractivity contribution in [3.8, 4) is 0 Å². The number of halogens is 1. The molecule has 0 saturated heterocycles. The second-order valence-electron chi connectivity index (χ2n) is 3.43. The Balaban J connectivity index is 2.31. The van der Waals surface area contributed by atoms with E-state index in [1.165, 1.54) is 12.1 Å². The maximum atomic E-state index is 11.1. The highest BCUT2D eigenvalue weighted by Crippen LogP contribution is 2.11. The minimum atomic E-state index is -0.516. The number of nitrogens with one attached hydrogen (secondary N) is 1. The van der Waals surface area contributed by atoms with Crippen LogP contribution in [0.4, 0.5) is 10.5 Å². The summed E-state index contributed by atoms with van der Waals surface area (Å²) in [6.07, 6.45) is 0.0612. The number of benzene rings is 1. The Morgan fingerprint density at radius 3 is 2.61 bits per heavy atom. The van der Waals surface area contributed by atoms with Crippen LogP contribution < -0.4 is 5.32 Å². The number of rotatable bonds is 6. The standard InChI is InChI=1S/C11H13ClN2O4/c12-6-8-18-11(15)13-7-5-9-1-3-10(4-2-9)14(16)17/h1-4H,5-8H2,(H,13,15). The van der Waals surface area contributed by atoms with E-state index in [0.717, 1.165) is 5.56 Å². The number of alkyl carbamates (subject to hydrolysis) is 1. The third kappa shape index (κ3) is 5.01. The lowest BCUT2D eigenvalue weighted by atomic mass is 10.1. The first-order valence-electron chi connectivity index (χ1n) is 5.33. The van der Waals surface area contributed by atoms with Gasteiger partial charge in [-0.1, -0.05) is 12.1 Å². The number of non-ortho nitro benzene ring substituents is 1. The van der Waals surface area contributed by atoms with E-state index in [1.807, 2.05) is 0 Å². The Labute approximate surface area is 109 Å². The van der Waals surface area contributed by atoms with Crippen LogP contribution in [0.5, 0.6) is 0 Å². The molecule has 0 aliphatic rings. The van der Waals surface area contributed by atoms with Crippen molar-refractivity contribution >= 4 is 23.4 Å². The van der Waals surface area contributed by atoms with Crippen molar-refractivity contribution in [1.82, 2.24) is 5.32 Å². The molecule has 0 spiro atoms. The SMILES string of the molecule is O=C(NCCc1ccc([N+](=O)[O-])cc1)OCCCl. The van der Waals surface area contributed by atoms with Crippen LogP contribution in [0.25, 0.3) is 0 Å². The first-order valence-corrected chi connectivity index (χ1v) is 5.87. The molecule has 0 radical (unpaired) electrons. The minimum absolute atomic E-state index is 0.0493. The van der Waals surface area contributed by atoms with E-state index in [1.54, 1.807) is 12.1 Å². The fraction of sp³-hybridized carbons (Fsp3) is 0.364. The van der Waals surface area contributed by atoms with E-state index >= 15 is 0 Å². The van der Waals surface area contributed by atoms with E-state index in [4.69, 9.17) is 16.3 Å². The second kappa shape index (κ2) is 7.50. The third-order valence-electron chi connectivity index (χ3n) is 2.14. The largest absolute Gasteiger partial charge is 0.448 e. The molecule has 1 amide bonds. The van der Waals surface area contributed by atoms with Gasteiger partial charge in [0.05, 0.1) is 10.8 Å². The Morgan fingerprint density at radius 1 is 1.39 bits per heavy atom. The molecule has 1 aromatic carbocycles. The zero-order valence-corrected chi connectivity index (χ0v) is 10.4. The molecule has 0 fully saturated rings. The van der Waals surface area contributed by atoms with Gasteiger partial charge in [0, 0.05) is 18.7 Å². The molecule has 0 saturated carbocycles. The van der Waals surface area contributed by atoms with Gasteiger partial charge in [-0.25, -0.2) is 4.79 Å². The van der Waals surface area contributed by atoms with Crippen molar-refractivity contribution in [2.45, 2.75) is 6.42 Å². The number of ether oxygens (including phenoxy) is 1. The highest BCUT2D eigenvalue weighted by molar-refractivity contribution is 6.18. The molecule has 1 N–H and O–H groups in total. The van der Waals surface area contributed by atoms with Crippen LogP contribution in [0.1, 0.15) is 5.56 Å². The molecule has 0 aliphatic heterocycles. The molecule has 1 aromatic rings. The Hall–Kier alpha value is -1.82. The summed E-state index contributed by atoms with van der Waals surface area (Å²) in [6, 6.07) is 6.18. The summed E-state index contributed by atoms with van der Waals surface area (Å²) in [7, 11) is 0. The van der Waals surface area contributed by atoms with Crippen molar-refractivity contribution in [2.24, 2.45) is 0 Å². The minimum Gasteiger partial charge on any atom is -0.448 e. The average molecular weight is 273 g/mol. The average Bonchev–Trinajstić information content (AvgIpc) is 2.37. The lowest BCUT2D eigenvalue weighted by Gasteiger charge is -2.05. The topological polar surface area (TPSA) is 81.5 Å². The summed E-state index contributed by atoms with van der Waals surface area (Å²) in [5.41, 5.74) is 0.950. The van der Waals surface area contributed by atoms with Crippen molar-refractivity contribution in [1.29, 1.82) is 0 Å². The van der Waals surface area contributed by atoms with Crippen LogP contribution in [0, 0.1) is 10.1 Å². The van der Waals surface area contributed by atoms with E-state index < -0.39 is 11.0 Å². The maximum absolute atomic E-state index is 11.1. The Kier molecular flexibility index (Phi) is 5.93. The van der Waals surface area contributed by atoms with Gasteiger partial charge in [0.25, 0.3) is 5.69 Å². The molecule has 7 heteroatoms.